The van der Waals surface area contributed by atoms with Crippen LogP contribution in [-0.2, 0) is 0 Å². The standard InChI is InChI=1S/C17H11N5O2/c23-22(24)13-5-3-4-12(10-13)8-9-15-17-20-18-11-21(17)16-7-2-1-6-14(16)19-15/h1-11H/b9-8+. The van der Waals surface area contributed by atoms with Crippen LogP contribution in [0, 0.1) is 10.1 Å². The van der Waals surface area contributed by atoms with Crippen LogP contribution >= 0.6 is 0 Å². The van der Waals surface area contributed by atoms with E-state index in [1.165, 1.54) is 12.1 Å². The van der Waals surface area contributed by atoms with Gasteiger partial charge in [-0.3, -0.25) is 14.5 Å². The Morgan fingerprint density at radius 1 is 1.08 bits per heavy atom. The third-order valence-electron chi connectivity index (χ3n) is 3.67. The van der Waals surface area contributed by atoms with Crippen LogP contribution < -0.4 is 0 Å². The quantitative estimate of drug-likeness (QED) is 0.427. The highest BCUT2D eigenvalue weighted by Crippen LogP contribution is 2.19. The fourth-order valence-corrected chi connectivity index (χ4v) is 2.56. The Labute approximate surface area is 136 Å². The first-order valence-electron chi connectivity index (χ1n) is 7.23. The normalized spacial score (nSPS) is 11.5. The van der Waals surface area contributed by atoms with Gasteiger partial charge in [0.05, 0.1) is 16.0 Å². The number of hydrogen-bond donors (Lipinski definition) is 0. The molecule has 0 saturated heterocycles. The number of fused-ring (bicyclic) bond motifs is 3. The van der Waals surface area contributed by atoms with Crippen LogP contribution in [0.15, 0.2) is 54.9 Å². The maximum atomic E-state index is 10.9. The van der Waals surface area contributed by atoms with Crippen LogP contribution in [0.25, 0.3) is 28.8 Å². The van der Waals surface area contributed by atoms with Crippen molar-refractivity contribution in [3.63, 3.8) is 0 Å². The van der Waals surface area contributed by atoms with Crippen molar-refractivity contribution in [2.45, 2.75) is 0 Å². The lowest BCUT2D eigenvalue weighted by Gasteiger charge is -2.03. The van der Waals surface area contributed by atoms with E-state index in [1.807, 2.05) is 28.7 Å². The third kappa shape index (κ3) is 2.38. The summed E-state index contributed by atoms with van der Waals surface area (Å²) in [6, 6.07) is 14.1. The SMILES string of the molecule is O=[N+]([O-])c1cccc(/C=C/c2nc3ccccc3n3cnnc23)c1. The van der Waals surface area contributed by atoms with E-state index in [0.717, 1.165) is 16.6 Å². The Morgan fingerprint density at radius 2 is 1.96 bits per heavy atom. The molecule has 24 heavy (non-hydrogen) atoms. The summed E-state index contributed by atoms with van der Waals surface area (Å²) in [6.45, 7) is 0. The average molecular weight is 317 g/mol. The molecule has 0 amide bonds. The van der Waals surface area contributed by atoms with E-state index < -0.39 is 4.92 Å². The van der Waals surface area contributed by atoms with E-state index in [1.54, 1.807) is 30.6 Å². The fourth-order valence-electron chi connectivity index (χ4n) is 2.56. The van der Waals surface area contributed by atoms with Crippen molar-refractivity contribution < 1.29 is 4.92 Å². The van der Waals surface area contributed by atoms with Crippen LogP contribution in [0.2, 0.25) is 0 Å². The molecule has 4 rings (SSSR count). The summed E-state index contributed by atoms with van der Waals surface area (Å²) < 4.78 is 1.87. The molecule has 7 heteroatoms. The highest BCUT2D eigenvalue weighted by molar-refractivity contribution is 5.83. The summed E-state index contributed by atoms with van der Waals surface area (Å²) in [5.41, 5.74) is 3.80. The molecular formula is C17H11N5O2. The van der Waals surface area contributed by atoms with Gasteiger partial charge in [-0.15, -0.1) is 10.2 Å². The monoisotopic (exact) mass is 317 g/mol. The number of benzene rings is 2. The van der Waals surface area contributed by atoms with Gasteiger partial charge in [-0.25, -0.2) is 4.98 Å². The molecule has 0 bridgehead atoms. The number of nitrogens with zero attached hydrogens (tertiary/aromatic N) is 5. The van der Waals surface area contributed by atoms with Gasteiger partial charge < -0.3 is 0 Å². The topological polar surface area (TPSA) is 86.2 Å². The van der Waals surface area contributed by atoms with Gasteiger partial charge >= 0.3 is 0 Å². The molecule has 0 spiro atoms. The highest BCUT2D eigenvalue weighted by atomic mass is 16.6. The molecule has 2 heterocycles. The summed E-state index contributed by atoms with van der Waals surface area (Å²) >= 11 is 0. The number of aromatic nitrogens is 4. The minimum atomic E-state index is -0.414. The highest BCUT2D eigenvalue weighted by Gasteiger charge is 2.08. The van der Waals surface area contributed by atoms with Crippen LogP contribution in [0.3, 0.4) is 0 Å². The van der Waals surface area contributed by atoms with Crippen molar-refractivity contribution in [3.05, 3.63) is 76.2 Å². The zero-order chi connectivity index (χ0) is 16.5. The Bertz CT molecular complexity index is 1100. The first-order chi connectivity index (χ1) is 11.7. The van der Waals surface area contributed by atoms with Gasteiger partial charge in [-0.05, 0) is 23.8 Å². The number of hydrogen-bond acceptors (Lipinski definition) is 5. The van der Waals surface area contributed by atoms with E-state index in [-0.39, 0.29) is 5.69 Å². The molecule has 116 valence electrons. The molecule has 0 N–H and O–H groups in total. The third-order valence-corrected chi connectivity index (χ3v) is 3.67. The number of nitro benzene ring substituents is 1. The second kappa shape index (κ2) is 5.54. The minimum absolute atomic E-state index is 0.0521. The molecule has 0 radical (unpaired) electrons. The lowest BCUT2D eigenvalue weighted by molar-refractivity contribution is -0.384. The number of nitro groups is 1. The predicted molar refractivity (Wildman–Crippen MR) is 90.3 cm³/mol. The Morgan fingerprint density at radius 3 is 2.83 bits per heavy atom. The Kier molecular flexibility index (Phi) is 3.24. The second-order valence-electron chi connectivity index (χ2n) is 5.20. The summed E-state index contributed by atoms with van der Waals surface area (Å²) in [5.74, 6) is 0. The summed E-state index contributed by atoms with van der Waals surface area (Å²) in [6.07, 6.45) is 5.21. The summed E-state index contributed by atoms with van der Waals surface area (Å²) in [4.78, 5) is 15.1. The smallest absolute Gasteiger partial charge is 0.270 e. The second-order valence-corrected chi connectivity index (χ2v) is 5.20. The van der Waals surface area contributed by atoms with Crippen LogP contribution in [0.5, 0.6) is 0 Å². The molecule has 4 aromatic rings. The van der Waals surface area contributed by atoms with E-state index in [0.29, 0.717) is 11.3 Å². The van der Waals surface area contributed by atoms with Gasteiger partial charge in [0.15, 0.2) is 5.65 Å². The summed E-state index contributed by atoms with van der Waals surface area (Å²) in [7, 11) is 0. The van der Waals surface area contributed by atoms with Crippen molar-refractivity contribution in [2.24, 2.45) is 0 Å². The molecule has 0 fully saturated rings. The Balaban J connectivity index is 1.82. The van der Waals surface area contributed by atoms with Gasteiger partial charge in [-0.1, -0.05) is 30.3 Å². The van der Waals surface area contributed by atoms with E-state index >= 15 is 0 Å². The van der Waals surface area contributed by atoms with Gasteiger partial charge in [0.25, 0.3) is 5.69 Å². The molecule has 7 nitrogen and oxygen atoms in total. The maximum absolute atomic E-state index is 10.9. The summed E-state index contributed by atoms with van der Waals surface area (Å²) in [5, 5.41) is 18.9. The molecule has 0 aliphatic heterocycles. The van der Waals surface area contributed by atoms with Gasteiger partial charge in [0.1, 0.15) is 12.0 Å². The van der Waals surface area contributed by atoms with Gasteiger partial charge in [0.2, 0.25) is 0 Å². The van der Waals surface area contributed by atoms with Crippen molar-refractivity contribution in [2.75, 3.05) is 0 Å². The largest absolute Gasteiger partial charge is 0.278 e. The average Bonchev–Trinajstić information content (AvgIpc) is 3.10. The molecule has 0 atom stereocenters. The van der Waals surface area contributed by atoms with Crippen molar-refractivity contribution in [1.29, 1.82) is 0 Å². The van der Waals surface area contributed by atoms with Crippen molar-refractivity contribution >= 4 is 34.5 Å². The van der Waals surface area contributed by atoms with Gasteiger partial charge in [0, 0.05) is 12.1 Å². The van der Waals surface area contributed by atoms with Gasteiger partial charge in [-0.2, -0.15) is 0 Å². The Hall–Kier alpha value is -3.61. The number of rotatable bonds is 3. The lowest BCUT2D eigenvalue weighted by atomic mass is 10.2. The number of non-ortho nitro benzene ring substituents is 1. The maximum Gasteiger partial charge on any atom is 0.270 e. The zero-order valence-electron chi connectivity index (χ0n) is 12.4. The molecule has 2 aromatic heterocycles. The van der Waals surface area contributed by atoms with Crippen molar-refractivity contribution in [3.8, 4) is 0 Å². The van der Waals surface area contributed by atoms with Crippen LogP contribution in [0.1, 0.15) is 11.3 Å². The molecule has 0 aliphatic rings. The van der Waals surface area contributed by atoms with E-state index in [9.17, 15) is 10.1 Å². The van der Waals surface area contributed by atoms with Crippen molar-refractivity contribution in [1.82, 2.24) is 19.6 Å². The first-order valence-corrected chi connectivity index (χ1v) is 7.23. The number of para-hydroxylation sites is 2. The molecule has 0 saturated carbocycles. The zero-order valence-corrected chi connectivity index (χ0v) is 12.4. The van der Waals surface area contributed by atoms with Crippen LogP contribution in [0.4, 0.5) is 5.69 Å². The molecule has 0 aliphatic carbocycles. The molecule has 0 unspecified atom stereocenters. The first kappa shape index (κ1) is 14.0. The minimum Gasteiger partial charge on any atom is -0.278 e. The fraction of sp³-hybridized carbons (Fsp3) is 0. The molecular weight excluding hydrogens is 306 g/mol. The lowest BCUT2D eigenvalue weighted by Crippen LogP contribution is -1.94. The molecule has 2 aromatic carbocycles. The van der Waals surface area contributed by atoms with Crippen LogP contribution in [-0.4, -0.2) is 24.5 Å². The van der Waals surface area contributed by atoms with E-state index in [4.69, 9.17) is 0 Å². The predicted octanol–water partition coefficient (Wildman–Crippen LogP) is 3.36. The van der Waals surface area contributed by atoms with E-state index in [2.05, 4.69) is 15.2 Å².